The summed E-state index contributed by atoms with van der Waals surface area (Å²) in [5.41, 5.74) is 8.75. The van der Waals surface area contributed by atoms with Gasteiger partial charge in [0.05, 0.1) is 6.54 Å². The van der Waals surface area contributed by atoms with Gasteiger partial charge in [-0.25, -0.2) is 4.98 Å². The molecule has 3 rings (SSSR count). The van der Waals surface area contributed by atoms with Crippen molar-refractivity contribution < 1.29 is 0 Å². The Morgan fingerprint density at radius 3 is 2.52 bits per heavy atom. The number of imidazole rings is 1. The minimum atomic E-state index is 0.275. The maximum atomic E-state index is 6.06. The van der Waals surface area contributed by atoms with Gasteiger partial charge in [0.25, 0.3) is 0 Å². The molecule has 21 heavy (non-hydrogen) atoms. The number of aromatic nitrogens is 2. The van der Waals surface area contributed by atoms with Crippen molar-refractivity contribution in [2.24, 2.45) is 5.73 Å². The Kier molecular flexibility index (Phi) is 4.08. The number of nitrogens with two attached hydrogens (primary N) is 1. The summed E-state index contributed by atoms with van der Waals surface area (Å²) in [6.07, 6.45) is 3.94. The molecule has 1 atom stereocenters. The molecule has 0 radical (unpaired) electrons. The summed E-state index contributed by atoms with van der Waals surface area (Å²) in [5, 5.41) is 0. The van der Waals surface area contributed by atoms with Gasteiger partial charge in [-0.1, -0.05) is 38.1 Å². The highest BCUT2D eigenvalue weighted by atomic mass is 15.3. The van der Waals surface area contributed by atoms with Gasteiger partial charge in [0, 0.05) is 38.1 Å². The second-order valence-corrected chi connectivity index (χ2v) is 6.08. The van der Waals surface area contributed by atoms with Crippen molar-refractivity contribution in [3.8, 4) is 0 Å². The van der Waals surface area contributed by atoms with Crippen molar-refractivity contribution in [3.05, 3.63) is 53.6 Å². The molecule has 1 aromatic carbocycles. The minimum Gasteiger partial charge on any atom is -0.333 e. The Bertz CT molecular complexity index is 585. The topological polar surface area (TPSA) is 47.1 Å². The van der Waals surface area contributed by atoms with Crippen LogP contribution < -0.4 is 5.73 Å². The third-order valence-corrected chi connectivity index (χ3v) is 4.43. The van der Waals surface area contributed by atoms with Crippen LogP contribution in [0.25, 0.3) is 0 Å². The van der Waals surface area contributed by atoms with Crippen LogP contribution in [0.5, 0.6) is 0 Å². The smallest absolute Gasteiger partial charge is 0.122 e. The summed E-state index contributed by atoms with van der Waals surface area (Å²) in [7, 11) is 0. The van der Waals surface area contributed by atoms with Gasteiger partial charge in [-0.15, -0.1) is 0 Å². The lowest BCUT2D eigenvalue weighted by atomic mass is 9.98. The van der Waals surface area contributed by atoms with Crippen LogP contribution in [0.1, 0.15) is 42.8 Å². The lowest BCUT2D eigenvalue weighted by molar-refractivity contribution is 0.156. The summed E-state index contributed by atoms with van der Waals surface area (Å²) in [4.78, 5) is 6.87. The van der Waals surface area contributed by atoms with E-state index in [4.69, 9.17) is 5.73 Å². The normalized spacial score (nSPS) is 17.0. The quantitative estimate of drug-likeness (QED) is 0.938. The Hall–Kier alpha value is -1.65. The highest BCUT2D eigenvalue weighted by Gasteiger charge is 2.24. The molecule has 1 aliphatic rings. The average molecular weight is 284 g/mol. The Labute approximate surface area is 126 Å². The molecule has 2 aromatic rings. The fourth-order valence-corrected chi connectivity index (χ4v) is 3.06. The second-order valence-electron chi connectivity index (χ2n) is 6.08. The zero-order valence-electron chi connectivity index (χ0n) is 12.9. The van der Waals surface area contributed by atoms with Crippen molar-refractivity contribution in [3.63, 3.8) is 0 Å². The molecular weight excluding hydrogens is 260 g/mol. The van der Waals surface area contributed by atoms with Crippen molar-refractivity contribution in [1.82, 2.24) is 14.5 Å². The SMILES string of the molecule is CC(C)c1ccc(C(CN)N2CCn3ccnc3C2)cc1. The van der Waals surface area contributed by atoms with E-state index in [1.807, 2.05) is 6.20 Å². The predicted molar refractivity (Wildman–Crippen MR) is 85.0 cm³/mol. The van der Waals surface area contributed by atoms with E-state index < -0.39 is 0 Å². The number of nitrogens with zero attached hydrogens (tertiary/aromatic N) is 3. The van der Waals surface area contributed by atoms with E-state index in [0.717, 1.165) is 25.5 Å². The summed E-state index contributed by atoms with van der Waals surface area (Å²) in [5.74, 6) is 1.70. The van der Waals surface area contributed by atoms with Crippen molar-refractivity contribution in [2.45, 2.75) is 38.9 Å². The molecule has 4 heteroatoms. The summed E-state index contributed by atoms with van der Waals surface area (Å²) < 4.78 is 2.23. The molecule has 0 saturated carbocycles. The van der Waals surface area contributed by atoms with Gasteiger partial charge in [-0.2, -0.15) is 0 Å². The van der Waals surface area contributed by atoms with E-state index >= 15 is 0 Å². The van der Waals surface area contributed by atoms with Crippen molar-refractivity contribution in [2.75, 3.05) is 13.1 Å². The van der Waals surface area contributed by atoms with E-state index in [0.29, 0.717) is 12.5 Å². The third-order valence-electron chi connectivity index (χ3n) is 4.43. The molecule has 2 N–H and O–H groups in total. The summed E-state index contributed by atoms with van der Waals surface area (Å²) in [6, 6.07) is 9.19. The van der Waals surface area contributed by atoms with Gasteiger partial charge in [-0.05, 0) is 17.0 Å². The van der Waals surface area contributed by atoms with Crippen LogP contribution in [0, 0.1) is 0 Å². The first-order valence-electron chi connectivity index (χ1n) is 7.73. The van der Waals surface area contributed by atoms with Crippen LogP contribution in [0.3, 0.4) is 0 Å². The lowest BCUT2D eigenvalue weighted by Gasteiger charge is -2.34. The van der Waals surface area contributed by atoms with Gasteiger partial charge in [0.1, 0.15) is 5.82 Å². The Morgan fingerprint density at radius 1 is 1.14 bits per heavy atom. The lowest BCUT2D eigenvalue weighted by Crippen LogP contribution is -2.39. The first kappa shape index (κ1) is 14.3. The van der Waals surface area contributed by atoms with E-state index in [1.165, 1.54) is 11.1 Å². The van der Waals surface area contributed by atoms with E-state index in [2.05, 4.69) is 58.8 Å². The van der Waals surface area contributed by atoms with Crippen LogP contribution >= 0.6 is 0 Å². The maximum absolute atomic E-state index is 6.06. The second kappa shape index (κ2) is 6.00. The maximum Gasteiger partial charge on any atom is 0.122 e. The molecule has 0 spiro atoms. The predicted octanol–water partition coefficient (Wildman–Crippen LogP) is 2.52. The van der Waals surface area contributed by atoms with E-state index in [1.54, 1.807) is 0 Å². The Balaban J connectivity index is 1.79. The third kappa shape index (κ3) is 2.87. The molecular formula is C17H24N4. The van der Waals surface area contributed by atoms with Gasteiger partial charge >= 0.3 is 0 Å². The van der Waals surface area contributed by atoms with Crippen LogP contribution in [-0.2, 0) is 13.1 Å². The zero-order chi connectivity index (χ0) is 14.8. The molecule has 2 heterocycles. The highest BCUT2D eigenvalue weighted by Crippen LogP contribution is 2.25. The zero-order valence-corrected chi connectivity index (χ0v) is 12.9. The molecule has 112 valence electrons. The van der Waals surface area contributed by atoms with Crippen LogP contribution in [-0.4, -0.2) is 27.5 Å². The molecule has 0 amide bonds. The number of hydrogen-bond donors (Lipinski definition) is 1. The van der Waals surface area contributed by atoms with E-state index in [9.17, 15) is 0 Å². The van der Waals surface area contributed by atoms with Gasteiger partial charge in [0.15, 0.2) is 0 Å². The molecule has 1 aliphatic heterocycles. The minimum absolute atomic E-state index is 0.275. The number of benzene rings is 1. The number of fused-ring (bicyclic) bond motifs is 1. The molecule has 0 bridgehead atoms. The highest BCUT2D eigenvalue weighted by molar-refractivity contribution is 5.27. The fraction of sp³-hybridized carbons (Fsp3) is 0.471. The van der Waals surface area contributed by atoms with Crippen LogP contribution in [0.4, 0.5) is 0 Å². The molecule has 0 aliphatic carbocycles. The fourth-order valence-electron chi connectivity index (χ4n) is 3.06. The van der Waals surface area contributed by atoms with Crippen LogP contribution in [0.15, 0.2) is 36.7 Å². The molecule has 0 fully saturated rings. The molecule has 4 nitrogen and oxygen atoms in total. The first-order chi connectivity index (χ1) is 10.2. The first-order valence-corrected chi connectivity index (χ1v) is 7.73. The number of hydrogen-bond acceptors (Lipinski definition) is 3. The standard InChI is InChI=1S/C17H24N4/c1-13(2)14-3-5-15(6-4-14)16(11-18)21-10-9-20-8-7-19-17(20)12-21/h3-8,13,16H,9-12,18H2,1-2H3. The number of rotatable bonds is 4. The van der Waals surface area contributed by atoms with Gasteiger partial charge < -0.3 is 10.3 Å². The van der Waals surface area contributed by atoms with E-state index in [-0.39, 0.29) is 6.04 Å². The van der Waals surface area contributed by atoms with Crippen molar-refractivity contribution in [1.29, 1.82) is 0 Å². The van der Waals surface area contributed by atoms with Gasteiger partial charge in [-0.3, -0.25) is 4.90 Å². The largest absolute Gasteiger partial charge is 0.333 e. The van der Waals surface area contributed by atoms with Crippen molar-refractivity contribution >= 4 is 0 Å². The Morgan fingerprint density at radius 2 is 1.86 bits per heavy atom. The van der Waals surface area contributed by atoms with Gasteiger partial charge in [0.2, 0.25) is 0 Å². The molecule has 1 aromatic heterocycles. The summed E-state index contributed by atoms with van der Waals surface area (Å²) in [6.45, 7) is 7.98. The summed E-state index contributed by atoms with van der Waals surface area (Å²) >= 11 is 0. The molecule has 1 unspecified atom stereocenters. The average Bonchev–Trinajstić information content (AvgIpc) is 2.96. The monoisotopic (exact) mass is 284 g/mol. The molecule has 0 saturated heterocycles. The van der Waals surface area contributed by atoms with Crippen LogP contribution in [0.2, 0.25) is 0 Å².